The van der Waals surface area contributed by atoms with E-state index in [4.69, 9.17) is 4.74 Å². The highest BCUT2D eigenvalue weighted by molar-refractivity contribution is 7.56. The van der Waals surface area contributed by atoms with Gasteiger partial charge in [0.05, 0.1) is 6.26 Å². The van der Waals surface area contributed by atoms with E-state index < -0.39 is 0 Å². The van der Waals surface area contributed by atoms with E-state index in [9.17, 15) is 0 Å². The first-order valence-electron chi connectivity index (χ1n) is 3.02. The van der Waals surface area contributed by atoms with Gasteiger partial charge in [0.2, 0.25) is 0 Å². The highest BCUT2D eigenvalue weighted by Crippen LogP contribution is 2.30. The topological polar surface area (TPSA) is 21.3 Å². The number of hydrogen-bond donors (Lipinski definition) is 1. The molecule has 0 radical (unpaired) electrons. The summed E-state index contributed by atoms with van der Waals surface area (Å²) in [5, 5.41) is 2.98. The van der Waals surface area contributed by atoms with Gasteiger partial charge >= 0.3 is 0 Å². The Morgan fingerprint density at radius 2 is 2.10 bits per heavy atom. The van der Waals surface area contributed by atoms with Crippen molar-refractivity contribution >= 4 is 7.92 Å². The molecular weight excluding hydrogens is 145 g/mol. The SMILES string of the molecule is C=CNC(OC=C)P(C)C. The predicted molar refractivity (Wildman–Crippen MR) is 47.2 cm³/mol. The molecular formula is C7H14NOP. The van der Waals surface area contributed by atoms with Crippen molar-refractivity contribution in [1.29, 1.82) is 0 Å². The Morgan fingerprint density at radius 3 is 2.40 bits per heavy atom. The van der Waals surface area contributed by atoms with Crippen LogP contribution in [0.5, 0.6) is 0 Å². The number of ether oxygens (including phenoxy) is 1. The molecule has 0 aliphatic rings. The molecule has 0 aromatic heterocycles. The summed E-state index contributed by atoms with van der Waals surface area (Å²) in [7, 11) is -0.152. The summed E-state index contributed by atoms with van der Waals surface area (Å²) in [6, 6.07) is 0. The molecule has 0 amide bonds. The smallest absolute Gasteiger partial charge is 0.186 e. The van der Waals surface area contributed by atoms with Gasteiger partial charge in [-0.3, -0.25) is 0 Å². The van der Waals surface area contributed by atoms with Crippen LogP contribution in [0.2, 0.25) is 0 Å². The van der Waals surface area contributed by atoms with Gasteiger partial charge in [-0.15, -0.1) is 0 Å². The summed E-state index contributed by atoms with van der Waals surface area (Å²) >= 11 is 0. The molecule has 1 unspecified atom stereocenters. The first-order valence-corrected chi connectivity index (χ1v) is 5.32. The predicted octanol–water partition coefficient (Wildman–Crippen LogP) is 1.90. The van der Waals surface area contributed by atoms with Crippen molar-refractivity contribution in [3.8, 4) is 0 Å². The van der Waals surface area contributed by atoms with E-state index in [0.717, 1.165) is 0 Å². The van der Waals surface area contributed by atoms with Crippen molar-refractivity contribution in [3.63, 3.8) is 0 Å². The summed E-state index contributed by atoms with van der Waals surface area (Å²) in [6.07, 6.45) is 3.08. The molecule has 0 aromatic rings. The van der Waals surface area contributed by atoms with E-state index in [1.807, 2.05) is 0 Å². The van der Waals surface area contributed by atoms with Gasteiger partial charge in [0, 0.05) is 0 Å². The molecule has 0 aromatic carbocycles. The van der Waals surface area contributed by atoms with Gasteiger partial charge in [-0.05, 0) is 27.5 Å². The molecule has 0 bridgehead atoms. The molecule has 10 heavy (non-hydrogen) atoms. The second-order valence-corrected chi connectivity index (χ2v) is 4.39. The molecule has 2 nitrogen and oxygen atoms in total. The Kier molecular flexibility index (Phi) is 5.05. The summed E-state index contributed by atoms with van der Waals surface area (Å²) in [5.74, 6) is 0.0602. The summed E-state index contributed by atoms with van der Waals surface area (Å²) < 4.78 is 5.15. The maximum Gasteiger partial charge on any atom is 0.186 e. The average molecular weight is 159 g/mol. The molecule has 3 heteroatoms. The van der Waals surface area contributed by atoms with Crippen LogP contribution >= 0.6 is 7.92 Å². The fraction of sp³-hybridized carbons (Fsp3) is 0.429. The lowest BCUT2D eigenvalue weighted by Crippen LogP contribution is -2.22. The molecule has 0 saturated carbocycles. The van der Waals surface area contributed by atoms with E-state index in [2.05, 4.69) is 31.8 Å². The highest BCUT2D eigenvalue weighted by Gasteiger charge is 2.08. The van der Waals surface area contributed by atoms with Crippen molar-refractivity contribution in [2.45, 2.75) is 5.97 Å². The molecule has 1 atom stereocenters. The Labute approximate surface area is 63.7 Å². The average Bonchev–Trinajstić information content (AvgIpc) is 1.87. The second kappa shape index (κ2) is 5.31. The number of hydrogen-bond acceptors (Lipinski definition) is 2. The largest absolute Gasteiger partial charge is 0.475 e. The lowest BCUT2D eigenvalue weighted by molar-refractivity contribution is 0.201. The zero-order valence-corrected chi connectivity index (χ0v) is 7.40. The number of rotatable bonds is 5. The minimum Gasteiger partial charge on any atom is -0.475 e. The van der Waals surface area contributed by atoms with Crippen LogP contribution in [0.25, 0.3) is 0 Å². The first kappa shape index (κ1) is 9.51. The van der Waals surface area contributed by atoms with Crippen LogP contribution in [0.1, 0.15) is 0 Å². The Hall–Kier alpha value is -0.490. The van der Waals surface area contributed by atoms with Crippen LogP contribution in [0.4, 0.5) is 0 Å². The Balaban J connectivity index is 3.70. The standard InChI is InChI=1S/C7H14NOP/c1-5-8-7(9-6-2)10(3)4/h5-8H,1-2H2,3-4H3. The normalized spacial score (nSPS) is 12.3. The fourth-order valence-corrected chi connectivity index (χ4v) is 1.24. The molecule has 0 heterocycles. The summed E-state index contributed by atoms with van der Waals surface area (Å²) in [5.41, 5.74) is 0. The zero-order valence-electron chi connectivity index (χ0n) is 6.50. The highest BCUT2D eigenvalue weighted by atomic mass is 31.1. The Bertz CT molecular complexity index is 104. The van der Waals surface area contributed by atoms with Crippen LogP contribution in [0, 0.1) is 0 Å². The van der Waals surface area contributed by atoms with Crippen LogP contribution in [-0.4, -0.2) is 19.3 Å². The minimum absolute atomic E-state index is 0.0602. The summed E-state index contributed by atoms with van der Waals surface area (Å²) in [6.45, 7) is 11.3. The van der Waals surface area contributed by atoms with Crippen LogP contribution in [0.15, 0.2) is 25.6 Å². The molecule has 58 valence electrons. The third-order valence-corrected chi connectivity index (χ3v) is 2.16. The summed E-state index contributed by atoms with van der Waals surface area (Å²) in [4.78, 5) is 0. The van der Waals surface area contributed by atoms with E-state index in [-0.39, 0.29) is 13.9 Å². The lowest BCUT2D eigenvalue weighted by atomic mass is 10.9. The fourth-order valence-electron chi connectivity index (χ4n) is 0.502. The van der Waals surface area contributed by atoms with Crippen LogP contribution in [0.3, 0.4) is 0 Å². The van der Waals surface area contributed by atoms with Gasteiger partial charge in [-0.1, -0.05) is 13.2 Å². The second-order valence-electron chi connectivity index (χ2n) is 1.99. The minimum atomic E-state index is -0.152. The lowest BCUT2D eigenvalue weighted by Gasteiger charge is -2.20. The molecule has 0 rings (SSSR count). The molecule has 0 saturated heterocycles. The quantitative estimate of drug-likeness (QED) is 0.376. The third-order valence-electron chi connectivity index (χ3n) is 0.955. The van der Waals surface area contributed by atoms with Crippen molar-refractivity contribution in [1.82, 2.24) is 5.32 Å². The molecule has 0 spiro atoms. The van der Waals surface area contributed by atoms with Gasteiger partial charge in [0.25, 0.3) is 0 Å². The van der Waals surface area contributed by atoms with Crippen molar-refractivity contribution in [3.05, 3.63) is 25.6 Å². The van der Waals surface area contributed by atoms with E-state index >= 15 is 0 Å². The van der Waals surface area contributed by atoms with Crippen molar-refractivity contribution in [2.75, 3.05) is 13.3 Å². The van der Waals surface area contributed by atoms with E-state index in [1.165, 1.54) is 6.26 Å². The van der Waals surface area contributed by atoms with Gasteiger partial charge in [-0.25, -0.2) is 0 Å². The van der Waals surface area contributed by atoms with Crippen LogP contribution in [-0.2, 0) is 4.74 Å². The van der Waals surface area contributed by atoms with E-state index in [1.54, 1.807) is 6.20 Å². The maximum absolute atomic E-state index is 5.15. The molecule has 1 N–H and O–H groups in total. The first-order chi connectivity index (χ1) is 4.72. The van der Waals surface area contributed by atoms with Crippen molar-refractivity contribution in [2.24, 2.45) is 0 Å². The monoisotopic (exact) mass is 159 g/mol. The third kappa shape index (κ3) is 3.52. The van der Waals surface area contributed by atoms with Crippen molar-refractivity contribution < 1.29 is 4.74 Å². The maximum atomic E-state index is 5.15. The Morgan fingerprint density at radius 1 is 1.50 bits per heavy atom. The molecule has 0 fully saturated rings. The van der Waals surface area contributed by atoms with Gasteiger partial charge < -0.3 is 10.1 Å². The molecule has 0 aliphatic heterocycles. The zero-order chi connectivity index (χ0) is 7.98. The van der Waals surface area contributed by atoms with Gasteiger partial charge in [-0.2, -0.15) is 0 Å². The number of nitrogens with one attached hydrogen (secondary N) is 1. The van der Waals surface area contributed by atoms with Gasteiger partial charge in [0.15, 0.2) is 5.97 Å². The molecule has 0 aliphatic carbocycles. The van der Waals surface area contributed by atoms with Crippen LogP contribution < -0.4 is 5.32 Å². The van der Waals surface area contributed by atoms with E-state index in [0.29, 0.717) is 0 Å². The van der Waals surface area contributed by atoms with Gasteiger partial charge in [0.1, 0.15) is 0 Å².